The van der Waals surface area contributed by atoms with Crippen LogP contribution in [0.25, 0.3) is 0 Å². The molecule has 17 heavy (non-hydrogen) atoms. The van der Waals surface area contributed by atoms with Gasteiger partial charge in [0.25, 0.3) is 0 Å². The minimum absolute atomic E-state index is 0.532. The molecule has 1 fully saturated rings. The van der Waals surface area contributed by atoms with Crippen molar-refractivity contribution in [3.05, 3.63) is 16.1 Å². The van der Waals surface area contributed by atoms with E-state index in [-0.39, 0.29) is 0 Å². The number of hydrogen-bond acceptors (Lipinski definition) is 4. The molecule has 2 rings (SSSR count). The van der Waals surface area contributed by atoms with Crippen molar-refractivity contribution in [3.63, 3.8) is 0 Å². The van der Waals surface area contributed by atoms with Crippen LogP contribution in [0.5, 0.6) is 0 Å². The molecular weight excluding hydrogens is 256 g/mol. The Kier molecular flexibility index (Phi) is 5.71. The van der Waals surface area contributed by atoms with E-state index in [1.165, 1.54) is 24.4 Å². The summed E-state index contributed by atoms with van der Waals surface area (Å²) in [6.45, 7) is 5.16. The van der Waals surface area contributed by atoms with Crippen molar-refractivity contribution in [1.29, 1.82) is 0 Å². The van der Waals surface area contributed by atoms with Crippen LogP contribution in [0.2, 0.25) is 0 Å². The van der Waals surface area contributed by atoms with Crippen LogP contribution in [0, 0.1) is 0 Å². The largest absolute Gasteiger partial charge is 0.379 e. The Morgan fingerprint density at radius 3 is 2.88 bits per heavy atom. The van der Waals surface area contributed by atoms with Gasteiger partial charge in [0.1, 0.15) is 0 Å². The summed E-state index contributed by atoms with van der Waals surface area (Å²) < 4.78 is 5.33. The van der Waals surface area contributed by atoms with Crippen LogP contribution >= 0.6 is 22.9 Å². The molecule has 1 aliphatic rings. The van der Waals surface area contributed by atoms with E-state index in [4.69, 9.17) is 16.3 Å². The lowest BCUT2D eigenvalue weighted by Gasteiger charge is -2.26. The highest BCUT2D eigenvalue weighted by atomic mass is 35.5. The van der Waals surface area contributed by atoms with E-state index in [2.05, 4.69) is 15.3 Å². The SMILES string of the molecule is ClCc1csc(CCCCN2CCOCC2)n1. The number of aromatic nitrogens is 1. The minimum Gasteiger partial charge on any atom is -0.379 e. The molecule has 1 aromatic rings. The summed E-state index contributed by atoms with van der Waals surface area (Å²) in [6.07, 6.45) is 3.55. The van der Waals surface area contributed by atoms with Gasteiger partial charge in [0, 0.05) is 18.5 Å². The highest BCUT2D eigenvalue weighted by molar-refractivity contribution is 7.09. The molecule has 0 aliphatic carbocycles. The Balaban J connectivity index is 1.59. The predicted molar refractivity (Wildman–Crippen MR) is 71.9 cm³/mol. The van der Waals surface area contributed by atoms with E-state index < -0.39 is 0 Å². The van der Waals surface area contributed by atoms with Gasteiger partial charge in [-0.15, -0.1) is 22.9 Å². The smallest absolute Gasteiger partial charge is 0.0928 e. The number of nitrogens with zero attached hydrogens (tertiary/aromatic N) is 2. The topological polar surface area (TPSA) is 25.4 Å². The Morgan fingerprint density at radius 2 is 2.18 bits per heavy atom. The van der Waals surface area contributed by atoms with Crippen molar-refractivity contribution in [1.82, 2.24) is 9.88 Å². The van der Waals surface area contributed by atoms with E-state index in [0.29, 0.717) is 5.88 Å². The van der Waals surface area contributed by atoms with Gasteiger partial charge < -0.3 is 4.74 Å². The van der Waals surface area contributed by atoms with Crippen molar-refractivity contribution in [2.75, 3.05) is 32.8 Å². The van der Waals surface area contributed by atoms with Gasteiger partial charge in [0.2, 0.25) is 0 Å². The summed E-state index contributed by atoms with van der Waals surface area (Å²) in [5, 5.41) is 3.28. The van der Waals surface area contributed by atoms with Crippen LogP contribution in [-0.2, 0) is 17.0 Å². The molecule has 0 atom stereocenters. The van der Waals surface area contributed by atoms with Crippen LogP contribution in [0.15, 0.2) is 5.38 Å². The van der Waals surface area contributed by atoms with Crippen LogP contribution < -0.4 is 0 Å². The number of unbranched alkanes of at least 4 members (excludes halogenated alkanes) is 1. The summed E-state index contributed by atoms with van der Waals surface area (Å²) >= 11 is 7.46. The first-order valence-corrected chi connectivity index (χ1v) is 7.59. The molecule has 0 saturated carbocycles. The summed E-state index contributed by atoms with van der Waals surface area (Å²) in [6, 6.07) is 0. The number of aryl methyl sites for hydroxylation is 1. The van der Waals surface area contributed by atoms with Gasteiger partial charge in [0.05, 0.1) is 29.8 Å². The number of halogens is 1. The molecule has 3 nitrogen and oxygen atoms in total. The van der Waals surface area contributed by atoms with Gasteiger partial charge in [-0.25, -0.2) is 4.98 Å². The molecule has 2 heterocycles. The van der Waals surface area contributed by atoms with Crippen molar-refractivity contribution in [2.24, 2.45) is 0 Å². The fourth-order valence-corrected chi connectivity index (χ4v) is 3.03. The molecule has 0 spiro atoms. The molecule has 1 aromatic heterocycles. The third-order valence-corrected chi connectivity index (χ3v) is 4.19. The summed E-state index contributed by atoms with van der Waals surface area (Å²) in [5.41, 5.74) is 1.01. The first kappa shape index (κ1) is 13.3. The molecule has 0 bridgehead atoms. The molecule has 0 radical (unpaired) electrons. The minimum atomic E-state index is 0.532. The molecule has 0 aromatic carbocycles. The number of alkyl halides is 1. The monoisotopic (exact) mass is 274 g/mol. The second kappa shape index (κ2) is 7.31. The first-order valence-electron chi connectivity index (χ1n) is 6.18. The van der Waals surface area contributed by atoms with E-state index in [1.54, 1.807) is 11.3 Å². The lowest BCUT2D eigenvalue weighted by atomic mass is 10.2. The molecule has 0 N–H and O–H groups in total. The van der Waals surface area contributed by atoms with Crippen molar-refractivity contribution >= 4 is 22.9 Å². The van der Waals surface area contributed by atoms with Gasteiger partial charge in [0.15, 0.2) is 0 Å². The van der Waals surface area contributed by atoms with E-state index in [9.17, 15) is 0 Å². The van der Waals surface area contributed by atoms with Crippen LogP contribution in [-0.4, -0.2) is 42.7 Å². The fraction of sp³-hybridized carbons (Fsp3) is 0.750. The fourth-order valence-electron chi connectivity index (χ4n) is 1.96. The maximum absolute atomic E-state index is 5.73. The molecular formula is C12H19ClN2OS. The Hall–Kier alpha value is -0.160. The summed E-state index contributed by atoms with van der Waals surface area (Å²) in [5.74, 6) is 0.532. The lowest BCUT2D eigenvalue weighted by Crippen LogP contribution is -2.36. The van der Waals surface area contributed by atoms with Crippen LogP contribution in [0.1, 0.15) is 23.5 Å². The highest BCUT2D eigenvalue weighted by Crippen LogP contribution is 2.14. The van der Waals surface area contributed by atoms with E-state index >= 15 is 0 Å². The average molecular weight is 275 g/mol. The lowest BCUT2D eigenvalue weighted by molar-refractivity contribution is 0.0372. The Morgan fingerprint density at radius 1 is 1.35 bits per heavy atom. The third kappa shape index (κ3) is 4.54. The highest BCUT2D eigenvalue weighted by Gasteiger charge is 2.09. The molecule has 5 heteroatoms. The third-order valence-electron chi connectivity index (χ3n) is 2.95. The van der Waals surface area contributed by atoms with Crippen LogP contribution in [0.3, 0.4) is 0 Å². The number of thiazole rings is 1. The van der Waals surface area contributed by atoms with Gasteiger partial charge >= 0.3 is 0 Å². The zero-order valence-corrected chi connectivity index (χ0v) is 11.6. The maximum atomic E-state index is 5.73. The number of morpholine rings is 1. The van der Waals surface area contributed by atoms with E-state index in [0.717, 1.165) is 38.4 Å². The molecule has 96 valence electrons. The average Bonchev–Trinajstić information content (AvgIpc) is 2.84. The Labute approximate surface area is 112 Å². The van der Waals surface area contributed by atoms with Gasteiger partial charge in [-0.05, 0) is 25.8 Å². The summed E-state index contributed by atoms with van der Waals surface area (Å²) in [4.78, 5) is 6.95. The molecule has 0 amide bonds. The zero-order chi connectivity index (χ0) is 11.9. The normalized spacial score (nSPS) is 17.5. The second-order valence-electron chi connectivity index (χ2n) is 4.28. The number of ether oxygens (including phenoxy) is 1. The van der Waals surface area contributed by atoms with Crippen molar-refractivity contribution < 1.29 is 4.74 Å². The van der Waals surface area contributed by atoms with E-state index in [1.807, 2.05) is 0 Å². The van der Waals surface area contributed by atoms with Crippen LogP contribution in [0.4, 0.5) is 0 Å². The molecule has 0 unspecified atom stereocenters. The Bertz CT molecular complexity index is 326. The van der Waals surface area contributed by atoms with Crippen molar-refractivity contribution in [3.8, 4) is 0 Å². The predicted octanol–water partition coefficient (Wildman–Crippen LogP) is 2.54. The second-order valence-corrected chi connectivity index (χ2v) is 5.49. The summed E-state index contributed by atoms with van der Waals surface area (Å²) in [7, 11) is 0. The van der Waals surface area contributed by atoms with Gasteiger partial charge in [-0.2, -0.15) is 0 Å². The van der Waals surface area contributed by atoms with Gasteiger partial charge in [-0.1, -0.05) is 0 Å². The molecule has 1 saturated heterocycles. The standard InChI is InChI=1S/C12H19ClN2OS/c13-9-11-10-17-12(14-11)3-1-2-4-15-5-7-16-8-6-15/h10H,1-9H2. The quantitative estimate of drug-likeness (QED) is 0.589. The first-order chi connectivity index (χ1) is 8.38. The zero-order valence-electron chi connectivity index (χ0n) is 10.0. The number of hydrogen-bond donors (Lipinski definition) is 0. The van der Waals surface area contributed by atoms with Crippen molar-refractivity contribution in [2.45, 2.75) is 25.1 Å². The molecule has 1 aliphatic heterocycles. The maximum Gasteiger partial charge on any atom is 0.0928 e. The van der Waals surface area contributed by atoms with Gasteiger partial charge in [-0.3, -0.25) is 4.90 Å². The number of rotatable bonds is 6.